The number of hydrogen-bond acceptors (Lipinski definition) is 5. The van der Waals surface area contributed by atoms with E-state index in [9.17, 15) is 13.2 Å². The van der Waals surface area contributed by atoms with Crippen LogP contribution in [-0.4, -0.2) is 36.8 Å². The molecule has 7 heteroatoms. The molecule has 0 radical (unpaired) electrons. The SMILES string of the molecule is O=C(C1c2ccccc2Oc2ccccc21)N(Cc1cccs1)[C@@H]1CCS(=O)(=O)C1. The van der Waals surface area contributed by atoms with Gasteiger partial charge in [0.2, 0.25) is 5.91 Å². The van der Waals surface area contributed by atoms with Gasteiger partial charge in [-0.05, 0) is 30.0 Å². The van der Waals surface area contributed by atoms with Gasteiger partial charge in [0.25, 0.3) is 0 Å². The lowest BCUT2D eigenvalue weighted by molar-refractivity contribution is -0.134. The van der Waals surface area contributed by atoms with Crippen molar-refractivity contribution in [2.45, 2.75) is 24.9 Å². The zero-order valence-corrected chi connectivity index (χ0v) is 17.9. The number of carbonyl (C=O) groups excluding carboxylic acids is 1. The molecule has 0 bridgehead atoms. The fraction of sp³-hybridized carbons (Fsp3) is 0.261. The second kappa shape index (κ2) is 7.56. The van der Waals surface area contributed by atoms with Crippen molar-refractivity contribution in [3.63, 3.8) is 0 Å². The van der Waals surface area contributed by atoms with Gasteiger partial charge in [0.05, 0.1) is 24.0 Å². The number of ether oxygens (including phenoxy) is 1. The molecule has 0 aliphatic carbocycles. The highest BCUT2D eigenvalue weighted by atomic mass is 32.2. The van der Waals surface area contributed by atoms with Crippen LogP contribution < -0.4 is 4.74 Å². The summed E-state index contributed by atoms with van der Waals surface area (Å²) in [6.07, 6.45) is 0.478. The highest BCUT2D eigenvalue weighted by molar-refractivity contribution is 7.91. The van der Waals surface area contributed by atoms with Gasteiger partial charge in [0.15, 0.2) is 9.84 Å². The molecule has 154 valence electrons. The lowest BCUT2D eigenvalue weighted by Gasteiger charge is -2.34. The second-order valence-electron chi connectivity index (χ2n) is 7.71. The summed E-state index contributed by atoms with van der Waals surface area (Å²) >= 11 is 1.58. The Kier molecular flexibility index (Phi) is 4.87. The maximum Gasteiger partial charge on any atom is 0.235 e. The van der Waals surface area contributed by atoms with Crippen LogP contribution in [0.4, 0.5) is 0 Å². The molecule has 3 heterocycles. The first kappa shape index (κ1) is 19.3. The van der Waals surface area contributed by atoms with E-state index in [2.05, 4.69) is 0 Å². The van der Waals surface area contributed by atoms with Gasteiger partial charge in [-0.3, -0.25) is 4.79 Å². The van der Waals surface area contributed by atoms with E-state index in [-0.39, 0.29) is 23.5 Å². The normalized spacial score (nSPS) is 19.5. The van der Waals surface area contributed by atoms with E-state index in [0.29, 0.717) is 24.5 Å². The van der Waals surface area contributed by atoms with E-state index < -0.39 is 15.8 Å². The van der Waals surface area contributed by atoms with Crippen molar-refractivity contribution in [3.8, 4) is 11.5 Å². The lowest BCUT2D eigenvalue weighted by Crippen LogP contribution is -2.43. The number of para-hydroxylation sites is 2. The predicted octanol–water partition coefficient (Wildman–Crippen LogP) is 4.20. The van der Waals surface area contributed by atoms with Crippen LogP contribution in [0.5, 0.6) is 11.5 Å². The molecule has 5 nitrogen and oxygen atoms in total. The number of rotatable bonds is 4. The number of benzene rings is 2. The zero-order chi connectivity index (χ0) is 20.7. The third kappa shape index (κ3) is 3.52. The number of fused-ring (bicyclic) bond motifs is 2. The zero-order valence-electron chi connectivity index (χ0n) is 16.2. The molecule has 1 aromatic heterocycles. The van der Waals surface area contributed by atoms with Gasteiger partial charge < -0.3 is 9.64 Å². The molecule has 2 aromatic carbocycles. The molecular weight excluding hydrogens is 418 g/mol. The maximum atomic E-state index is 14.0. The van der Waals surface area contributed by atoms with Gasteiger partial charge in [-0.25, -0.2) is 8.42 Å². The molecule has 30 heavy (non-hydrogen) atoms. The minimum atomic E-state index is -3.12. The predicted molar refractivity (Wildman–Crippen MR) is 117 cm³/mol. The molecule has 0 spiro atoms. The monoisotopic (exact) mass is 439 g/mol. The van der Waals surface area contributed by atoms with Crippen LogP contribution in [0.25, 0.3) is 0 Å². The molecule has 3 aromatic rings. The van der Waals surface area contributed by atoms with Gasteiger partial charge >= 0.3 is 0 Å². The topological polar surface area (TPSA) is 63.7 Å². The van der Waals surface area contributed by atoms with E-state index in [0.717, 1.165) is 16.0 Å². The molecular formula is C23H21NO4S2. The molecule has 1 atom stereocenters. The van der Waals surface area contributed by atoms with Crippen LogP contribution in [-0.2, 0) is 21.2 Å². The summed E-state index contributed by atoms with van der Waals surface area (Å²) in [5, 5.41) is 1.97. The van der Waals surface area contributed by atoms with Crippen molar-refractivity contribution >= 4 is 27.1 Å². The number of thiophene rings is 1. The smallest absolute Gasteiger partial charge is 0.235 e. The van der Waals surface area contributed by atoms with Crippen molar-refractivity contribution < 1.29 is 17.9 Å². The molecule has 1 saturated heterocycles. The molecule has 5 rings (SSSR count). The van der Waals surface area contributed by atoms with Gasteiger partial charge in [-0.15, -0.1) is 11.3 Å². The summed E-state index contributed by atoms with van der Waals surface area (Å²) in [5.41, 5.74) is 1.64. The summed E-state index contributed by atoms with van der Waals surface area (Å²) in [5.74, 6) is 0.904. The quantitative estimate of drug-likeness (QED) is 0.611. The summed E-state index contributed by atoms with van der Waals surface area (Å²) in [7, 11) is -3.12. The molecule has 1 amide bonds. The summed E-state index contributed by atoms with van der Waals surface area (Å²) in [6.45, 7) is 0.415. The lowest BCUT2D eigenvalue weighted by atomic mass is 9.86. The molecule has 2 aliphatic heterocycles. The van der Waals surface area contributed by atoms with Gasteiger partial charge in [0, 0.05) is 22.0 Å². The van der Waals surface area contributed by atoms with Crippen LogP contribution in [0.15, 0.2) is 66.0 Å². The van der Waals surface area contributed by atoms with Crippen LogP contribution >= 0.6 is 11.3 Å². The maximum absolute atomic E-state index is 14.0. The third-order valence-corrected chi connectivity index (χ3v) is 8.38. The third-order valence-electron chi connectivity index (χ3n) is 5.77. The Morgan fingerprint density at radius 2 is 1.67 bits per heavy atom. The van der Waals surface area contributed by atoms with Crippen molar-refractivity contribution in [2.75, 3.05) is 11.5 Å². The Morgan fingerprint density at radius 1 is 1.00 bits per heavy atom. The first-order valence-corrected chi connectivity index (χ1v) is 12.6. The van der Waals surface area contributed by atoms with E-state index in [1.54, 1.807) is 16.2 Å². The minimum Gasteiger partial charge on any atom is -0.457 e. The molecule has 1 fully saturated rings. The number of amides is 1. The summed E-state index contributed by atoms with van der Waals surface area (Å²) in [4.78, 5) is 16.8. The van der Waals surface area contributed by atoms with Gasteiger partial charge in [0.1, 0.15) is 11.5 Å². The van der Waals surface area contributed by atoms with Crippen molar-refractivity contribution in [3.05, 3.63) is 82.0 Å². The average molecular weight is 440 g/mol. The highest BCUT2D eigenvalue weighted by Gasteiger charge is 2.40. The Morgan fingerprint density at radius 3 is 2.23 bits per heavy atom. The van der Waals surface area contributed by atoms with Crippen molar-refractivity contribution in [2.24, 2.45) is 0 Å². The Labute approximate surface area is 179 Å². The number of sulfone groups is 1. The first-order chi connectivity index (χ1) is 14.5. The number of hydrogen-bond donors (Lipinski definition) is 0. The molecule has 2 aliphatic rings. The highest BCUT2D eigenvalue weighted by Crippen LogP contribution is 2.45. The second-order valence-corrected chi connectivity index (χ2v) is 11.0. The van der Waals surface area contributed by atoms with E-state index >= 15 is 0 Å². The number of nitrogens with zero attached hydrogens (tertiary/aromatic N) is 1. The number of carbonyl (C=O) groups is 1. The Bertz CT molecular complexity index is 1140. The summed E-state index contributed by atoms with van der Waals surface area (Å²) < 4.78 is 30.4. The first-order valence-electron chi connectivity index (χ1n) is 9.91. The van der Waals surface area contributed by atoms with E-state index in [4.69, 9.17) is 4.74 Å². The molecule has 0 saturated carbocycles. The van der Waals surface area contributed by atoms with Gasteiger partial charge in [-0.1, -0.05) is 42.5 Å². The van der Waals surface area contributed by atoms with Crippen molar-refractivity contribution in [1.29, 1.82) is 0 Å². The van der Waals surface area contributed by atoms with Crippen molar-refractivity contribution in [1.82, 2.24) is 4.90 Å². The Hall–Kier alpha value is -2.64. The summed E-state index contributed by atoms with van der Waals surface area (Å²) in [6, 6.07) is 18.8. The van der Waals surface area contributed by atoms with E-state index in [1.807, 2.05) is 66.0 Å². The van der Waals surface area contributed by atoms with Gasteiger partial charge in [-0.2, -0.15) is 0 Å². The van der Waals surface area contributed by atoms with Crippen LogP contribution in [0.2, 0.25) is 0 Å². The fourth-order valence-electron chi connectivity index (χ4n) is 4.32. The van der Waals surface area contributed by atoms with E-state index in [1.165, 1.54) is 0 Å². The minimum absolute atomic E-state index is 0.0244. The Balaban J connectivity index is 1.58. The van der Waals surface area contributed by atoms with Crippen LogP contribution in [0.3, 0.4) is 0 Å². The average Bonchev–Trinajstić information content (AvgIpc) is 3.38. The molecule has 0 unspecified atom stereocenters. The fourth-order valence-corrected chi connectivity index (χ4v) is 6.75. The van der Waals surface area contributed by atoms with Crippen LogP contribution in [0, 0.1) is 0 Å². The van der Waals surface area contributed by atoms with Crippen LogP contribution in [0.1, 0.15) is 28.3 Å². The molecule has 0 N–H and O–H groups in total. The standard InChI is InChI=1S/C23H21NO4S2/c25-23(24(14-17-6-5-12-29-17)16-11-13-30(26,27)15-16)22-18-7-1-3-9-20(18)28-21-10-4-2-8-19(21)22/h1-10,12,16,22H,11,13-15H2/t16-/m1/s1. The largest absolute Gasteiger partial charge is 0.457 e.